The van der Waals surface area contributed by atoms with Gasteiger partial charge in [0.1, 0.15) is 0 Å². The fourth-order valence-electron chi connectivity index (χ4n) is 8.09. The molecule has 3 nitrogen and oxygen atoms in total. The molecule has 0 spiro atoms. The molecule has 47 heavy (non-hydrogen) atoms. The lowest BCUT2D eigenvalue weighted by Crippen LogP contribution is -2.03. The second-order valence-electron chi connectivity index (χ2n) is 12.6. The first-order valence-corrected chi connectivity index (χ1v) is 16.1. The van der Waals surface area contributed by atoms with Gasteiger partial charge in [0.25, 0.3) is 0 Å². The summed E-state index contributed by atoms with van der Waals surface area (Å²) in [6.07, 6.45) is 0. The first kappa shape index (κ1) is 24.9. The normalized spacial score (nSPS) is 12.3. The second kappa shape index (κ2) is 9.12. The number of para-hydroxylation sites is 1. The molecule has 0 radical (unpaired) electrons. The summed E-state index contributed by atoms with van der Waals surface area (Å²) >= 11 is 0. The Morgan fingerprint density at radius 3 is 1.72 bits per heavy atom. The number of hydrogen-bond acceptors (Lipinski definition) is 2. The molecule has 0 bridgehead atoms. The van der Waals surface area contributed by atoms with E-state index in [-0.39, 0.29) is 0 Å². The maximum atomic E-state index is 5.43. The minimum atomic E-state index is 0.682. The van der Waals surface area contributed by atoms with E-state index in [0.717, 1.165) is 33.2 Å². The predicted octanol–water partition coefficient (Wildman–Crippen LogP) is 11.5. The van der Waals surface area contributed by atoms with Crippen LogP contribution >= 0.6 is 0 Å². The number of nitrogens with zero attached hydrogens (tertiary/aromatic N) is 3. The quantitative estimate of drug-likeness (QED) is 0.190. The molecule has 0 N–H and O–H groups in total. The summed E-state index contributed by atoms with van der Waals surface area (Å²) in [4.78, 5) is 10.7. The van der Waals surface area contributed by atoms with E-state index in [0.29, 0.717) is 5.95 Å². The van der Waals surface area contributed by atoms with Gasteiger partial charge in [-0.25, -0.2) is 9.97 Å². The predicted molar refractivity (Wildman–Crippen MR) is 196 cm³/mol. The third-order valence-electron chi connectivity index (χ3n) is 10.1. The van der Waals surface area contributed by atoms with Crippen molar-refractivity contribution >= 4 is 65.0 Å². The van der Waals surface area contributed by atoms with E-state index in [4.69, 9.17) is 9.97 Å². The molecule has 0 unspecified atom stereocenters. The highest BCUT2D eigenvalue weighted by molar-refractivity contribution is 6.38. The van der Waals surface area contributed by atoms with Crippen molar-refractivity contribution in [3.05, 3.63) is 152 Å². The van der Waals surface area contributed by atoms with E-state index in [1.807, 2.05) is 0 Å². The number of rotatable bonds is 3. The molecule has 216 valence electrons. The lowest BCUT2D eigenvalue weighted by atomic mass is 9.93. The molecule has 0 fully saturated rings. The van der Waals surface area contributed by atoms with Gasteiger partial charge >= 0.3 is 0 Å². The number of hydrogen-bond donors (Lipinski definition) is 0. The Labute approximate surface area is 270 Å². The smallest absolute Gasteiger partial charge is 0.235 e. The molecule has 10 aromatic rings. The number of aromatic nitrogens is 3. The number of fused-ring (bicyclic) bond motifs is 2. The first-order chi connectivity index (χ1) is 23.3. The van der Waals surface area contributed by atoms with Gasteiger partial charge in [0, 0.05) is 27.1 Å². The standard InChI is InChI=1S/C44H25N3/c1-2-9-26(10-3-1)30-13-6-14-31(25-30)43-34-15-4-5-18-35(34)45-44(46-43)47-36-23-21-28-12-8-17-33-32-16-7-11-27-19-20-29-22-24-37(47)42(40(29)38(27)32)41(36)39(28)33/h1-25H. The van der Waals surface area contributed by atoms with Gasteiger partial charge in [0.2, 0.25) is 5.95 Å². The minimum Gasteiger partial charge on any atom is -0.278 e. The fraction of sp³-hybridized carbons (Fsp3) is 0. The SMILES string of the molecule is c1ccc(-c2cccc(-c3nc(-n4c5ccc6cccc7c6c5c5c6c(ccc8cccc-7c86)ccc54)nc4ccccc34)c2)cc1. The van der Waals surface area contributed by atoms with Gasteiger partial charge in [-0.3, -0.25) is 4.57 Å². The van der Waals surface area contributed by atoms with E-state index in [2.05, 4.69) is 156 Å². The van der Waals surface area contributed by atoms with Crippen LogP contribution in [0.3, 0.4) is 0 Å². The minimum absolute atomic E-state index is 0.682. The molecular formula is C44H25N3. The van der Waals surface area contributed by atoms with Crippen LogP contribution in [0.2, 0.25) is 0 Å². The molecule has 0 aliphatic heterocycles. The van der Waals surface area contributed by atoms with Crippen LogP contribution in [0, 0.1) is 0 Å². The molecule has 2 aromatic heterocycles. The van der Waals surface area contributed by atoms with Gasteiger partial charge in [-0.05, 0) is 73.5 Å². The molecule has 8 aromatic carbocycles. The summed E-state index contributed by atoms with van der Waals surface area (Å²) in [7, 11) is 0. The zero-order valence-corrected chi connectivity index (χ0v) is 25.3. The average Bonchev–Trinajstić information content (AvgIpc) is 3.42. The van der Waals surface area contributed by atoms with Gasteiger partial charge in [-0.2, -0.15) is 0 Å². The Bertz CT molecular complexity index is 2950. The van der Waals surface area contributed by atoms with Crippen LogP contribution in [0.1, 0.15) is 0 Å². The Balaban J connectivity index is 1.29. The zero-order chi connectivity index (χ0) is 30.6. The van der Waals surface area contributed by atoms with Crippen molar-refractivity contribution in [2.24, 2.45) is 0 Å². The summed E-state index contributed by atoms with van der Waals surface area (Å²) < 4.78 is 2.30. The summed E-state index contributed by atoms with van der Waals surface area (Å²) in [5.41, 5.74) is 10.1. The lowest BCUT2D eigenvalue weighted by molar-refractivity contribution is 1.01. The van der Waals surface area contributed by atoms with Crippen LogP contribution in [-0.4, -0.2) is 14.5 Å². The Morgan fingerprint density at radius 1 is 0.383 bits per heavy atom. The van der Waals surface area contributed by atoms with Gasteiger partial charge in [-0.1, -0.05) is 127 Å². The molecule has 0 saturated heterocycles. The monoisotopic (exact) mass is 595 g/mol. The highest BCUT2D eigenvalue weighted by Crippen LogP contribution is 2.49. The highest BCUT2D eigenvalue weighted by Gasteiger charge is 2.25. The Hall–Kier alpha value is -6.32. The number of benzene rings is 8. The van der Waals surface area contributed by atoms with Crippen LogP contribution in [0.15, 0.2) is 152 Å². The van der Waals surface area contributed by atoms with E-state index in [1.165, 1.54) is 65.3 Å². The van der Waals surface area contributed by atoms with Crippen LogP contribution in [0.25, 0.3) is 104 Å². The Kier molecular flexibility index (Phi) is 4.84. The van der Waals surface area contributed by atoms with Crippen molar-refractivity contribution < 1.29 is 0 Å². The summed E-state index contributed by atoms with van der Waals surface area (Å²) in [5, 5.41) is 11.3. The molecule has 3 heteroatoms. The van der Waals surface area contributed by atoms with Gasteiger partial charge in [0.15, 0.2) is 0 Å². The molecule has 0 atom stereocenters. The van der Waals surface area contributed by atoms with Crippen molar-refractivity contribution in [3.63, 3.8) is 0 Å². The largest absolute Gasteiger partial charge is 0.278 e. The van der Waals surface area contributed by atoms with Crippen molar-refractivity contribution in [2.75, 3.05) is 0 Å². The summed E-state index contributed by atoms with van der Waals surface area (Å²) in [5.74, 6) is 0.682. The molecule has 0 amide bonds. The van der Waals surface area contributed by atoms with Crippen molar-refractivity contribution in [1.82, 2.24) is 14.5 Å². The summed E-state index contributed by atoms with van der Waals surface area (Å²) in [6, 6.07) is 54.6. The van der Waals surface area contributed by atoms with Gasteiger partial charge in [0.05, 0.1) is 22.2 Å². The topological polar surface area (TPSA) is 30.7 Å². The van der Waals surface area contributed by atoms with Crippen molar-refractivity contribution in [2.45, 2.75) is 0 Å². The lowest BCUT2D eigenvalue weighted by Gasteiger charge is -2.14. The van der Waals surface area contributed by atoms with Crippen molar-refractivity contribution in [3.8, 4) is 39.5 Å². The Morgan fingerprint density at radius 2 is 0.957 bits per heavy atom. The van der Waals surface area contributed by atoms with Crippen LogP contribution in [-0.2, 0) is 0 Å². The molecule has 2 heterocycles. The fourth-order valence-corrected chi connectivity index (χ4v) is 8.09. The molecule has 0 saturated carbocycles. The van der Waals surface area contributed by atoms with E-state index in [9.17, 15) is 0 Å². The maximum Gasteiger partial charge on any atom is 0.235 e. The molecular weight excluding hydrogens is 571 g/mol. The average molecular weight is 596 g/mol. The van der Waals surface area contributed by atoms with E-state index < -0.39 is 0 Å². The van der Waals surface area contributed by atoms with Crippen molar-refractivity contribution in [1.29, 1.82) is 0 Å². The van der Waals surface area contributed by atoms with Crippen LogP contribution in [0.5, 0.6) is 0 Å². The van der Waals surface area contributed by atoms with Crippen LogP contribution < -0.4 is 0 Å². The molecule has 1 aliphatic carbocycles. The second-order valence-corrected chi connectivity index (χ2v) is 12.6. The third-order valence-corrected chi connectivity index (χ3v) is 10.1. The van der Waals surface area contributed by atoms with E-state index >= 15 is 0 Å². The van der Waals surface area contributed by atoms with Gasteiger partial charge < -0.3 is 0 Å². The summed E-state index contributed by atoms with van der Waals surface area (Å²) in [6.45, 7) is 0. The van der Waals surface area contributed by atoms with E-state index in [1.54, 1.807) is 0 Å². The first-order valence-electron chi connectivity index (χ1n) is 16.1. The zero-order valence-electron chi connectivity index (χ0n) is 25.3. The third kappa shape index (κ3) is 3.35. The molecule has 11 rings (SSSR count). The van der Waals surface area contributed by atoms with Crippen LogP contribution in [0.4, 0.5) is 0 Å². The highest BCUT2D eigenvalue weighted by atomic mass is 15.2. The van der Waals surface area contributed by atoms with Gasteiger partial charge in [-0.15, -0.1) is 0 Å². The molecule has 1 aliphatic rings. The maximum absolute atomic E-state index is 5.43.